The van der Waals surface area contributed by atoms with Gasteiger partial charge in [0.1, 0.15) is 5.82 Å². The van der Waals surface area contributed by atoms with Gasteiger partial charge in [-0.1, -0.05) is 0 Å². The SMILES string of the molecule is Cc1c[nH]c(N)c1CNc1c[nH]c(C)c1C. The van der Waals surface area contributed by atoms with E-state index in [1.54, 1.807) is 0 Å². The molecule has 0 amide bonds. The predicted molar refractivity (Wildman–Crippen MR) is 67.5 cm³/mol. The van der Waals surface area contributed by atoms with E-state index in [4.69, 9.17) is 5.73 Å². The molecule has 16 heavy (non-hydrogen) atoms. The number of aryl methyl sites for hydroxylation is 2. The number of H-pyrrole nitrogens is 2. The second kappa shape index (κ2) is 3.96. The molecule has 0 aromatic carbocycles. The standard InChI is InChI=1S/C12H18N4/c1-7-4-16-12(13)10(7)5-15-11-6-14-9(3)8(11)2/h4,6,14-16H,5,13H2,1-3H3. The molecule has 0 aliphatic rings. The van der Waals surface area contributed by atoms with Crippen LogP contribution < -0.4 is 11.1 Å². The van der Waals surface area contributed by atoms with Crippen molar-refractivity contribution in [2.75, 3.05) is 11.1 Å². The van der Waals surface area contributed by atoms with Crippen LogP contribution in [0.4, 0.5) is 11.5 Å². The fourth-order valence-corrected chi connectivity index (χ4v) is 1.77. The highest BCUT2D eigenvalue weighted by Crippen LogP contribution is 2.21. The smallest absolute Gasteiger partial charge is 0.105 e. The number of aromatic nitrogens is 2. The highest BCUT2D eigenvalue weighted by molar-refractivity contribution is 5.54. The van der Waals surface area contributed by atoms with Crippen LogP contribution in [0.5, 0.6) is 0 Å². The Morgan fingerprint density at radius 2 is 1.94 bits per heavy atom. The Morgan fingerprint density at radius 1 is 1.19 bits per heavy atom. The maximum atomic E-state index is 5.85. The zero-order valence-electron chi connectivity index (χ0n) is 9.94. The largest absolute Gasteiger partial charge is 0.385 e. The first-order valence-electron chi connectivity index (χ1n) is 5.40. The van der Waals surface area contributed by atoms with Crippen LogP contribution in [0.1, 0.15) is 22.4 Å². The van der Waals surface area contributed by atoms with Crippen molar-refractivity contribution in [3.8, 4) is 0 Å². The Morgan fingerprint density at radius 3 is 2.44 bits per heavy atom. The van der Waals surface area contributed by atoms with Gasteiger partial charge in [-0.25, -0.2) is 0 Å². The fourth-order valence-electron chi connectivity index (χ4n) is 1.77. The van der Waals surface area contributed by atoms with Crippen molar-refractivity contribution in [1.29, 1.82) is 0 Å². The van der Waals surface area contributed by atoms with Crippen molar-refractivity contribution in [1.82, 2.24) is 9.97 Å². The second-order valence-corrected chi connectivity index (χ2v) is 4.17. The molecule has 4 heteroatoms. The summed E-state index contributed by atoms with van der Waals surface area (Å²) >= 11 is 0. The number of rotatable bonds is 3. The lowest BCUT2D eigenvalue weighted by atomic mass is 10.2. The summed E-state index contributed by atoms with van der Waals surface area (Å²) in [6.07, 6.45) is 3.92. The Balaban J connectivity index is 2.11. The molecule has 2 aromatic rings. The zero-order chi connectivity index (χ0) is 11.7. The highest BCUT2D eigenvalue weighted by Gasteiger charge is 2.07. The molecule has 0 fully saturated rings. The molecule has 0 radical (unpaired) electrons. The predicted octanol–water partition coefficient (Wildman–Crippen LogP) is 2.46. The molecule has 2 heterocycles. The van der Waals surface area contributed by atoms with E-state index in [1.165, 1.54) is 16.8 Å². The van der Waals surface area contributed by atoms with Crippen molar-refractivity contribution >= 4 is 11.5 Å². The number of hydrogen-bond acceptors (Lipinski definition) is 2. The van der Waals surface area contributed by atoms with Gasteiger partial charge in [-0.15, -0.1) is 0 Å². The lowest BCUT2D eigenvalue weighted by Gasteiger charge is -2.06. The van der Waals surface area contributed by atoms with Crippen molar-refractivity contribution < 1.29 is 0 Å². The van der Waals surface area contributed by atoms with Crippen LogP contribution >= 0.6 is 0 Å². The van der Waals surface area contributed by atoms with Gasteiger partial charge in [0.25, 0.3) is 0 Å². The monoisotopic (exact) mass is 218 g/mol. The summed E-state index contributed by atoms with van der Waals surface area (Å²) < 4.78 is 0. The molecule has 2 aromatic heterocycles. The minimum Gasteiger partial charge on any atom is -0.385 e. The molecule has 0 bridgehead atoms. The molecule has 0 saturated heterocycles. The van der Waals surface area contributed by atoms with Crippen molar-refractivity contribution in [3.63, 3.8) is 0 Å². The molecule has 0 unspecified atom stereocenters. The molecule has 0 atom stereocenters. The Labute approximate surface area is 95.3 Å². The van der Waals surface area contributed by atoms with Gasteiger partial charge in [0, 0.05) is 30.2 Å². The van der Waals surface area contributed by atoms with Gasteiger partial charge in [0.05, 0.1) is 5.69 Å². The van der Waals surface area contributed by atoms with Crippen LogP contribution in [-0.4, -0.2) is 9.97 Å². The van der Waals surface area contributed by atoms with Gasteiger partial charge in [-0.2, -0.15) is 0 Å². The van der Waals surface area contributed by atoms with E-state index in [9.17, 15) is 0 Å². The number of nitrogen functional groups attached to an aromatic ring is 1. The van der Waals surface area contributed by atoms with E-state index < -0.39 is 0 Å². The van der Waals surface area contributed by atoms with E-state index >= 15 is 0 Å². The average molecular weight is 218 g/mol. The Kier molecular flexibility index (Phi) is 2.64. The topological polar surface area (TPSA) is 69.6 Å². The summed E-state index contributed by atoms with van der Waals surface area (Å²) in [5, 5.41) is 3.39. The van der Waals surface area contributed by atoms with Gasteiger partial charge in [0.15, 0.2) is 0 Å². The quantitative estimate of drug-likeness (QED) is 0.639. The van der Waals surface area contributed by atoms with E-state index in [2.05, 4.69) is 36.1 Å². The van der Waals surface area contributed by atoms with Gasteiger partial charge >= 0.3 is 0 Å². The third kappa shape index (κ3) is 1.78. The lowest BCUT2D eigenvalue weighted by molar-refractivity contribution is 1.13. The first-order chi connectivity index (χ1) is 7.59. The van der Waals surface area contributed by atoms with Crippen LogP contribution in [0, 0.1) is 20.8 Å². The van der Waals surface area contributed by atoms with E-state index in [0.717, 1.165) is 23.6 Å². The molecule has 0 saturated carbocycles. The molecule has 86 valence electrons. The fraction of sp³-hybridized carbons (Fsp3) is 0.333. The van der Waals surface area contributed by atoms with E-state index in [1.807, 2.05) is 12.4 Å². The summed E-state index contributed by atoms with van der Waals surface area (Å²) in [4.78, 5) is 6.22. The molecule has 2 rings (SSSR count). The van der Waals surface area contributed by atoms with Gasteiger partial charge in [0.2, 0.25) is 0 Å². The average Bonchev–Trinajstić information content (AvgIpc) is 2.73. The van der Waals surface area contributed by atoms with Crippen molar-refractivity contribution in [2.24, 2.45) is 0 Å². The van der Waals surface area contributed by atoms with Crippen LogP contribution in [0.2, 0.25) is 0 Å². The maximum Gasteiger partial charge on any atom is 0.105 e. The van der Waals surface area contributed by atoms with Crippen molar-refractivity contribution in [3.05, 3.63) is 34.8 Å². The first kappa shape index (κ1) is 10.7. The van der Waals surface area contributed by atoms with Gasteiger partial charge in [-0.3, -0.25) is 0 Å². The third-order valence-electron chi connectivity index (χ3n) is 3.10. The van der Waals surface area contributed by atoms with E-state index in [0.29, 0.717) is 0 Å². The molecule has 0 aliphatic heterocycles. The summed E-state index contributed by atoms with van der Waals surface area (Å²) in [5.41, 5.74) is 11.8. The minimum absolute atomic E-state index is 0.745. The highest BCUT2D eigenvalue weighted by atomic mass is 14.9. The Hall–Kier alpha value is -1.84. The normalized spacial score (nSPS) is 10.7. The first-order valence-corrected chi connectivity index (χ1v) is 5.40. The van der Waals surface area contributed by atoms with Crippen LogP contribution in [0.15, 0.2) is 12.4 Å². The van der Waals surface area contributed by atoms with Gasteiger partial charge in [-0.05, 0) is 31.9 Å². The Bertz CT molecular complexity index is 474. The number of nitrogens with two attached hydrogens (primary N) is 1. The number of anilines is 2. The second-order valence-electron chi connectivity index (χ2n) is 4.17. The molecular weight excluding hydrogens is 200 g/mol. The summed E-state index contributed by atoms with van der Waals surface area (Å²) in [5.74, 6) is 0.745. The summed E-state index contributed by atoms with van der Waals surface area (Å²) in [7, 11) is 0. The summed E-state index contributed by atoms with van der Waals surface area (Å²) in [6, 6.07) is 0. The van der Waals surface area contributed by atoms with Crippen molar-refractivity contribution in [2.45, 2.75) is 27.3 Å². The molecule has 4 nitrogen and oxygen atoms in total. The molecule has 5 N–H and O–H groups in total. The maximum absolute atomic E-state index is 5.85. The summed E-state index contributed by atoms with van der Waals surface area (Å²) in [6.45, 7) is 6.97. The van der Waals surface area contributed by atoms with Crippen LogP contribution in [-0.2, 0) is 6.54 Å². The zero-order valence-corrected chi connectivity index (χ0v) is 9.94. The molecule has 0 spiro atoms. The number of hydrogen-bond donors (Lipinski definition) is 4. The molecule has 0 aliphatic carbocycles. The van der Waals surface area contributed by atoms with Gasteiger partial charge < -0.3 is 21.0 Å². The van der Waals surface area contributed by atoms with Crippen LogP contribution in [0.3, 0.4) is 0 Å². The lowest BCUT2D eigenvalue weighted by Crippen LogP contribution is -2.02. The minimum atomic E-state index is 0.745. The third-order valence-corrected chi connectivity index (χ3v) is 3.10. The molecular formula is C12H18N4. The number of aromatic amines is 2. The number of nitrogens with one attached hydrogen (secondary N) is 3. The van der Waals surface area contributed by atoms with Crippen LogP contribution in [0.25, 0.3) is 0 Å². The van der Waals surface area contributed by atoms with E-state index in [-0.39, 0.29) is 0 Å².